The van der Waals surface area contributed by atoms with Gasteiger partial charge in [0, 0.05) is 35.0 Å². The van der Waals surface area contributed by atoms with Crippen molar-refractivity contribution >= 4 is 40.1 Å². The van der Waals surface area contributed by atoms with E-state index < -0.39 is 5.76 Å². The zero-order valence-corrected chi connectivity index (χ0v) is 18.6. The zero-order valence-electron chi connectivity index (χ0n) is 17.0. The third-order valence-electron chi connectivity index (χ3n) is 5.62. The first-order chi connectivity index (χ1) is 15.5. The average molecular weight is 470 g/mol. The monoisotopic (exact) mass is 469 g/mol. The highest BCUT2D eigenvalue weighted by atomic mass is 35.5. The van der Waals surface area contributed by atoms with Crippen LogP contribution in [-0.2, 0) is 11.3 Å². The number of thiazole rings is 1. The maximum absolute atomic E-state index is 12.4. The molecule has 2 aromatic carbocycles. The summed E-state index contributed by atoms with van der Waals surface area (Å²) in [5, 5.41) is 3.74. The maximum atomic E-state index is 12.4. The summed E-state index contributed by atoms with van der Waals surface area (Å²) in [5.74, 6) is -0.155. The van der Waals surface area contributed by atoms with E-state index in [2.05, 4.69) is 4.98 Å². The highest BCUT2D eigenvalue weighted by Gasteiger charge is 2.26. The summed E-state index contributed by atoms with van der Waals surface area (Å²) < 4.78 is 10.6. The van der Waals surface area contributed by atoms with Gasteiger partial charge in [-0.2, -0.15) is 0 Å². The summed E-state index contributed by atoms with van der Waals surface area (Å²) in [7, 11) is 0. The molecule has 1 aliphatic rings. The number of aromatic nitrogens is 2. The number of H-pyrrole nitrogens is 1. The van der Waals surface area contributed by atoms with Crippen molar-refractivity contribution < 1.29 is 13.9 Å². The van der Waals surface area contributed by atoms with Crippen molar-refractivity contribution in [2.45, 2.75) is 25.4 Å². The first-order valence-corrected chi connectivity index (χ1v) is 11.6. The summed E-state index contributed by atoms with van der Waals surface area (Å²) >= 11 is 7.51. The van der Waals surface area contributed by atoms with E-state index in [1.165, 1.54) is 0 Å². The van der Waals surface area contributed by atoms with Crippen molar-refractivity contribution in [2.24, 2.45) is 0 Å². The van der Waals surface area contributed by atoms with E-state index >= 15 is 0 Å². The van der Waals surface area contributed by atoms with Crippen LogP contribution in [0.15, 0.2) is 57.1 Å². The van der Waals surface area contributed by atoms with Gasteiger partial charge >= 0.3 is 11.8 Å². The Bertz CT molecular complexity index is 1300. The minimum absolute atomic E-state index is 0.234. The molecule has 5 rings (SSSR count). The molecule has 2 aromatic heterocycles. The van der Waals surface area contributed by atoms with Crippen LogP contribution >= 0.6 is 22.9 Å². The molecule has 0 unspecified atom stereocenters. The number of rotatable bonds is 4. The maximum Gasteiger partial charge on any atom is 0.417 e. The number of nitrogens with one attached hydrogen (secondary N) is 1. The quantitative estimate of drug-likeness (QED) is 0.431. The average Bonchev–Trinajstić information content (AvgIpc) is 3.44. The largest absolute Gasteiger partial charge is 0.445 e. The third kappa shape index (κ3) is 4.42. The van der Waals surface area contributed by atoms with E-state index in [-0.39, 0.29) is 12.7 Å². The second kappa shape index (κ2) is 8.80. The molecule has 32 heavy (non-hydrogen) atoms. The fourth-order valence-electron chi connectivity index (χ4n) is 3.84. The lowest BCUT2D eigenvalue weighted by molar-refractivity contribution is 0.0870. The second-order valence-corrected chi connectivity index (χ2v) is 9.06. The highest BCUT2D eigenvalue weighted by Crippen LogP contribution is 2.33. The Morgan fingerprint density at radius 2 is 2.00 bits per heavy atom. The molecule has 0 radical (unpaired) electrons. The predicted molar refractivity (Wildman–Crippen MR) is 123 cm³/mol. The van der Waals surface area contributed by atoms with Gasteiger partial charge in [0.15, 0.2) is 5.58 Å². The normalized spacial score (nSPS) is 14.7. The van der Waals surface area contributed by atoms with Crippen LogP contribution in [0.3, 0.4) is 0 Å². The van der Waals surface area contributed by atoms with Gasteiger partial charge < -0.3 is 14.1 Å². The van der Waals surface area contributed by atoms with Gasteiger partial charge in [0.1, 0.15) is 6.61 Å². The molecule has 164 valence electrons. The number of nitrogens with zero attached hydrogens (tertiary/aromatic N) is 2. The van der Waals surface area contributed by atoms with E-state index in [1.807, 2.05) is 35.7 Å². The van der Waals surface area contributed by atoms with Crippen LogP contribution in [0.5, 0.6) is 0 Å². The Morgan fingerprint density at radius 3 is 2.78 bits per heavy atom. The highest BCUT2D eigenvalue weighted by molar-refractivity contribution is 7.10. The van der Waals surface area contributed by atoms with Crippen molar-refractivity contribution in [3.05, 3.63) is 74.0 Å². The fraction of sp³-hybridized carbons (Fsp3) is 0.261. The van der Waals surface area contributed by atoms with Crippen molar-refractivity contribution in [1.82, 2.24) is 14.9 Å². The Morgan fingerprint density at radius 1 is 1.22 bits per heavy atom. The van der Waals surface area contributed by atoms with Gasteiger partial charge in [-0.05, 0) is 42.7 Å². The Balaban J connectivity index is 1.18. The summed E-state index contributed by atoms with van der Waals surface area (Å²) in [4.78, 5) is 33.0. The standard InChI is InChI=1S/C23H20ClN3O4S/c24-17-4-1-14(2-5-17)12-30-23(29)27-9-7-15(8-10-27)21-25-19(13-32-21)16-3-6-18-20(11-16)31-22(28)26-18/h1-6,11,13,15H,7-10,12H2,(H,26,28). The number of aromatic amines is 1. The second-order valence-electron chi connectivity index (χ2n) is 7.74. The molecule has 0 saturated carbocycles. The molecule has 9 heteroatoms. The Hall–Kier alpha value is -3.10. The molecule has 1 N–H and O–H groups in total. The smallest absolute Gasteiger partial charge is 0.417 e. The fourth-order valence-corrected chi connectivity index (χ4v) is 4.96. The van der Waals surface area contributed by atoms with Crippen LogP contribution in [0.2, 0.25) is 5.02 Å². The first-order valence-electron chi connectivity index (χ1n) is 10.3. The molecule has 3 heterocycles. The number of ether oxygens (including phenoxy) is 1. The molecule has 0 spiro atoms. The van der Waals surface area contributed by atoms with Gasteiger partial charge in [0.05, 0.1) is 16.2 Å². The summed E-state index contributed by atoms with van der Waals surface area (Å²) in [5.41, 5.74) is 3.87. The van der Waals surface area contributed by atoms with Crippen molar-refractivity contribution in [3.63, 3.8) is 0 Å². The van der Waals surface area contributed by atoms with Crippen molar-refractivity contribution in [1.29, 1.82) is 0 Å². The van der Waals surface area contributed by atoms with Crippen molar-refractivity contribution in [3.8, 4) is 11.3 Å². The van der Waals surface area contributed by atoms with Crippen LogP contribution < -0.4 is 5.76 Å². The topological polar surface area (TPSA) is 88.4 Å². The summed E-state index contributed by atoms with van der Waals surface area (Å²) in [6, 6.07) is 12.8. The number of likely N-dealkylation sites (tertiary alicyclic amines) is 1. The van der Waals surface area contributed by atoms with Crippen LogP contribution in [0, 0.1) is 0 Å². The predicted octanol–water partition coefficient (Wildman–Crippen LogP) is 5.41. The molecule has 4 aromatic rings. The number of fused-ring (bicyclic) bond motifs is 1. The van der Waals surface area contributed by atoms with Crippen LogP contribution in [-0.4, -0.2) is 34.1 Å². The minimum Gasteiger partial charge on any atom is -0.445 e. The van der Waals surface area contributed by atoms with Gasteiger partial charge in [-0.3, -0.25) is 4.98 Å². The van der Waals surface area contributed by atoms with Gasteiger partial charge in [-0.25, -0.2) is 14.6 Å². The molecule has 7 nitrogen and oxygen atoms in total. The summed E-state index contributed by atoms with van der Waals surface area (Å²) in [6.07, 6.45) is 1.39. The van der Waals surface area contributed by atoms with E-state index in [0.717, 1.165) is 34.7 Å². The molecule has 1 amide bonds. The number of carbonyl (C=O) groups is 1. The van der Waals surface area contributed by atoms with E-state index in [1.54, 1.807) is 28.4 Å². The number of hydrogen-bond acceptors (Lipinski definition) is 6. The number of piperidine rings is 1. The number of amides is 1. The molecular formula is C23H20ClN3O4S. The first kappa shape index (κ1) is 20.8. The van der Waals surface area contributed by atoms with Gasteiger partial charge in [0.2, 0.25) is 0 Å². The minimum atomic E-state index is -0.463. The molecule has 1 aliphatic heterocycles. The number of halogens is 1. The molecule has 0 atom stereocenters. The van der Waals surface area contributed by atoms with Crippen LogP contribution in [0.4, 0.5) is 4.79 Å². The Labute approximate surface area is 192 Å². The molecule has 1 fully saturated rings. The molecular weight excluding hydrogens is 450 g/mol. The Kier molecular flexibility index (Phi) is 5.71. The number of oxazole rings is 1. The van der Waals surface area contributed by atoms with E-state index in [4.69, 9.17) is 25.7 Å². The molecule has 1 saturated heterocycles. The van der Waals surface area contributed by atoms with Gasteiger partial charge in [-0.15, -0.1) is 11.3 Å². The number of carbonyl (C=O) groups excluding carboxylic acids is 1. The SMILES string of the molecule is O=C(OCc1ccc(Cl)cc1)N1CCC(c2nc(-c3ccc4[nH]c(=O)oc4c3)cs2)CC1. The van der Waals surface area contributed by atoms with Gasteiger partial charge in [0.25, 0.3) is 0 Å². The number of hydrogen-bond donors (Lipinski definition) is 1. The summed E-state index contributed by atoms with van der Waals surface area (Å²) in [6.45, 7) is 1.51. The van der Waals surface area contributed by atoms with E-state index in [0.29, 0.717) is 35.1 Å². The lowest BCUT2D eigenvalue weighted by atomic mass is 9.98. The van der Waals surface area contributed by atoms with Crippen molar-refractivity contribution in [2.75, 3.05) is 13.1 Å². The van der Waals surface area contributed by atoms with Crippen LogP contribution in [0.1, 0.15) is 29.3 Å². The lowest BCUT2D eigenvalue weighted by Crippen LogP contribution is -2.38. The van der Waals surface area contributed by atoms with E-state index in [9.17, 15) is 9.59 Å². The lowest BCUT2D eigenvalue weighted by Gasteiger charge is -2.30. The molecule has 0 bridgehead atoms. The zero-order chi connectivity index (χ0) is 22.1. The third-order valence-corrected chi connectivity index (χ3v) is 6.88. The number of benzene rings is 2. The van der Waals surface area contributed by atoms with Gasteiger partial charge in [-0.1, -0.05) is 29.8 Å². The molecule has 0 aliphatic carbocycles. The van der Waals surface area contributed by atoms with Crippen LogP contribution in [0.25, 0.3) is 22.4 Å².